The predicted octanol–water partition coefficient (Wildman–Crippen LogP) is 4.14. The van der Waals surface area contributed by atoms with Crippen LogP contribution >= 0.6 is 22.9 Å². The fourth-order valence-electron chi connectivity index (χ4n) is 2.38. The van der Waals surface area contributed by atoms with Crippen molar-refractivity contribution in [2.75, 3.05) is 0 Å². The van der Waals surface area contributed by atoms with Gasteiger partial charge in [0.05, 0.1) is 34.5 Å². The van der Waals surface area contributed by atoms with E-state index in [-0.39, 0.29) is 5.56 Å². The molecule has 6 heteroatoms. The molecule has 0 saturated heterocycles. The average molecular weight is 348 g/mol. The summed E-state index contributed by atoms with van der Waals surface area (Å²) in [5.41, 5.74) is 1.47. The van der Waals surface area contributed by atoms with E-state index in [2.05, 4.69) is 23.8 Å². The summed E-state index contributed by atoms with van der Waals surface area (Å²) in [6.45, 7) is 4.85. The highest BCUT2D eigenvalue weighted by Gasteiger charge is 2.09. The van der Waals surface area contributed by atoms with E-state index in [0.29, 0.717) is 28.4 Å². The monoisotopic (exact) mass is 347 g/mol. The molecule has 2 aromatic heterocycles. The smallest absolute Gasteiger partial charge is 0.261 e. The SMILES string of the molecule is CCC(C)Cc1nc(Cn2cnc3ccc(Cl)cc3c2=O)cs1. The van der Waals surface area contributed by atoms with Gasteiger partial charge in [-0.25, -0.2) is 9.97 Å². The highest BCUT2D eigenvalue weighted by Crippen LogP contribution is 2.17. The quantitative estimate of drug-likeness (QED) is 0.696. The van der Waals surface area contributed by atoms with Crippen molar-refractivity contribution in [3.05, 3.63) is 56.0 Å². The van der Waals surface area contributed by atoms with Crippen LogP contribution in [0.2, 0.25) is 5.02 Å². The first-order valence-electron chi connectivity index (χ1n) is 7.64. The van der Waals surface area contributed by atoms with E-state index in [4.69, 9.17) is 11.6 Å². The molecule has 23 heavy (non-hydrogen) atoms. The van der Waals surface area contributed by atoms with Crippen molar-refractivity contribution in [2.45, 2.75) is 33.2 Å². The summed E-state index contributed by atoms with van der Waals surface area (Å²) in [6.07, 6.45) is 3.71. The van der Waals surface area contributed by atoms with Crippen LogP contribution in [0.3, 0.4) is 0 Å². The van der Waals surface area contributed by atoms with Crippen LogP contribution in [0.1, 0.15) is 31.0 Å². The van der Waals surface area contributed by atoms with E-state index in [9.17, 15) is 4.79 Å². The number of hydrogen-bond acceptors (Lipinski definition) is 4. The Balaban J connectivity index is 1.87. The second kappa shape index (κ2) is 6.81. The molecule has 0 aliphatic rings. The Kier molecular flexibility index (Phi) is 4.78. The van der Waals surface area contributed by atoms with E-state index in [1.165, 1.54) is 0 Å². The van der Waals surface area contributed by atoms with Gasteiger partial charge in [-0.3, -0.25) is 9.36 Å². The molecular weight excluding hydrogens is 330 g/mol. The van der Waals surface area contributed by atoms with Crippen LogP contribution in [0.5, 0.6) is 0 Å². The molecule has 120 valence electrons. The van der Waals surface area contributed by atoms with Crippen LogP contribution in [0.4, 0.5) is 0 Å². The first-order valence-corrected chi connectivity index (χ1v) is 8.90. The maximum Gasteiger partial charge on any atom is 0.261 e. The van der Waals surface area contributed by atoms with Crippen molar-refractivity contribution in [3.63, 3.8) is 0 Å². The van der Waals surface area contributed by atoms with Gasteiger partial charge in [0.25, 0.3) is 5.56 Å². The molecule has 0 amide bonds. The highest BCUT2D eigenvalue weighted by molar-refractivity contribution is 7.09. The third kappa shape index (κ3) is 3.62. The largest absolute Gasteiger partial charge is 0.293 e. The van der Waals surface area contributed by atoms with Crippen LogP contribution in [-0.4, -0.2) is 14.5 Å². The average Bonchev–Trinajstić information content (AvgIpc) is 2.97. The lowest BCUT2D eigenvalue weighted by Crippen LogP contribution is -2.21. The van der Waals surface area contributed by atoms with Crippen LogP contribution in [0.25, 0.3) is 10.9 Å². The lowest BCUT2D eigenvalue weighted by Gasteiger charge is -2.06. The van der Waals surface area contributed by atoms with Crippen LogP contribution in [0.15, 0.2) is 34.7 Å². The minimum Gasteiger partial charge on any atom is -0.293 e. The fourth-order valence-corrected chi connectivity index (χ4v) is 3.50. The number of aromatic nitrogens is 3. The van der Waals surface area contributed by atoms with Crippen LogP contribution < -0.4 is 5.56 Å². The Bertz CT molecular complexity index is 887. The van der Waals surface area contributed by atoms with Gasteiger partial charge in [0.1, 0.15) is 0 Å². The molecule has 0 aliphatic carbocycles. The van der Waals surface area contributed by atoms with E-state index < -0.39 is 0 Å². The predicted molar refractivity (Wildman–Crippen MR) is 95.4 cm³/mol. The van der Waals surface area contributed by atoms with Gasteiger partial charge in [0, 0.05) is 16.8 Å². The van der Waals surface area contributed by atoms with Gasteiger partial charge in [-0.1, -0.05) is 31.9 Å². The van der Waals surface area contributed by atoms with Gasteiger partial charge in [-0.05, 0) is 24.1 Å². The maximum absolute atomic E-state index is 12.6. The summed E-state index contributed by atoms with van der Waals surface area (Å²) in [6, 6.07) is 5.16. The van der Waals surface area contributed by atoms with Crippen molar-refractivity contribution >= 4 is 33.8 Å². The Morgan fingerprint density at radius 1 is 1.39 bits per heavy atom. The summed E-state index contributed by atoms with van der Waals surface area (Å²) in [5.74, 6) is 0.626. The Hall–Kier alpha value is -1.72. The van der Waals surface area contributed by atoms with Gasteiger partial charge < -0.3 is 0 Å². The van der Waals surface area contributed by atoms with Crippen molar-refractivity contribution in [1.82, 2.24) is 14.5 Å². The molecule has 1 atom stereocenters. The summed E-state index contributed by atoms with van der Waals surface area (Å²) in [4.78, 5) is 21.5. The van der Waals surface area contributed by atoms with Gasteiger partial charge in [0.15, 0.2) is 0 Å². The standard InChI is InChI=1S/C17H18ClN3OS/c1-3-11(2)6-16-20-13(9-23-16)8-21-10-19-15-5-4-12(18)7-14(15)17(21)22/h4-5,7,9-11H,3,6,8H2,1-2H3. The zero-order valence-electron chi connectivity index (χ0n) is 13.1. The summed E-state index contributed by atoms with van der Waals surface area (Å²) < 4.78 is 1.58. The molecule has 0 N–H and O–H groups in total. The van der Waals surface area contributed by atoms with E-state index >= 15 is 0 Å². The third-order valence-electron chi connectivity index (χ3n) is 3.94. The van der Waals surface area contributed by atoms with E-state index in [1.54, 1.807) is 40.4 Å². The Morgan fingerprint density at radius 2 is 2.22 bits per heavy atom. The minimum absolute atomic E-state index is 0.0889. The van der Waals surface area contributed by atoms with E-state index in [1.807, 2.05) is 5.38 Å². The van der Waals surface area contributed by atoms with Crippen LogP contribution in [0, 0.1) is 5.92 Å². The summed E-state index contributed by atoms with van der Waals surface area (Å²) in [7, 11) is 0. The number of halogens is 1. The third-order valence-corrected chi connectivity index (χ3v) is 5.09. The minimum atomic E-state index is -0.0889. The molecule has 2 heterocycles. The number of hydrogen-bond donors (Lipinski definition) is 0. The van der Waals surface area contributed by atoms with Gasteiger partial charge in [-0.2, -0.15) is 0 Å². The van der Waals surface area contributed by atoms with Crippen molar-refractivity contribution in [1.29, 1.82) is 0 Å². The molecule has 1 unspecified atom stereocenters. The number of thiazole rings is 1. The normalized spacial score (nSPS) is 12.7. The van der Waals surface area contributed by atoms with E-state index in [0.717, 1.165) is 23.5 Å². The number of nitrogens with zero attached hydrogens (tertiary/aromatic N) is 3. The lowest BCUT2D eigenvalue weighted by molar-refractivity contribution is 0.557. The second-order valence-electron chi connectivity index (χ2n) is 5.79. The molecule has 0 spiro atoms. The van der Waals surface area contributed by atoms with Crippen molar-refractivity contribution < 1.29 is 0 Å². The highest BCUT2D eigenvalue weighted by atomic mass is 35.5. The second-order valence-corrected chi connectivity index (χ2v) is 7.17. The molecule has 1 aromatic carbocycles. The Labute approximate surface area is 143 Å². The lowest BCUT2D eigenvalue weighted by atomic mass is 10.1. The first kappa shape index (κ1) is 16.1. The van der Waals surface area contributed by atoms with Crippen molar-refractivity contribution in [3.8, 4) is 0 Å². The molecule has 4 nitrogen and oxygen atoms in total. The molecule has 0 bridgehead atoms. The van der Waals surface area contributed by atoms with Gasteiger partial charge >= 0.3 is 0 Å². The maximum atomic E-state index is 12.6. The number of rotatable bonds is 5. The molecular formula is C17H18ClN3OS. The topological polar surface area (TPSA) is 47.8 Å². The number of fused-ring (bicyclic) bond motifs is 1. The fraction of sp³-hybridized carbons (Fsp3) is 0.353. The summed E-state index contributed by atoms with van der Waals surface area (Å²) >= 11 is 7.64. The van der Waals surface area contributed by atoms with Crippen molar-refractivity contribution in [2.24, 2.45) is 5.92 Å². The first-order chi connectivity index (χ1) is 11.1. The van der Waals surface area contributed by atoms with Gasteiger partial charge in [0.2, 0.25) is 0 Å². The summed E-state index contributed by atoms with van der Waals surface area (Å²) in [5, 5.41) is 4.22. The zero-order valence-corrected chi connectivity index (χ0v) is 14.7. The van der Waals surface area contributed by atoms with Gasteiger partial charge in [-0.15, -0.1) is 11.3 Å². The molecule has 0 aliphatic heterocycles. The molecule has 3 aromatic rings. The molecule has 0 fully saturated rings. The molecule has 0 saturated carbocycles. The van der Waals surface area contributed by atoms with Crippen LogP contribution in [-0.2, 0) is 13.0 Å². The molecule has 0 radical (unpaired) electrons. The molecule has 3 rings (SSSR count). The Morgan fingerprint density at radius 3 is 3.00 bits per heavy atom. The zero-order chi connectivity index (χ0) is 16.4. The number of benzene rings is 1.